The maximum absolute atomic E-state index is 12.6. The van der Waals surface area contributed by atoms with E-state index in [4.69, 9.17) is 4.52 Å². The van der Waals surface area contributed by atoms with Gasteiger partial charge in [-0.3, -0.25) is 15.0 Å². The zero-order chi connectivity index (χ0) is 20.1. The fourth-order valence-electron chi connectivity index (χ4n) is 3.30. The Morgan fingerprint density at radius 2 is 1.79 bits per heavy atom. The first-order valence-electron chi connectivity index (χ1n) is 9.94. The van der Waals surface area contributed by atoms with Gasteiger partial charge in [0.2, 0.25) is 5.91 Å². The second-order valence-electron chi connectivity index (χ2n) is 8.37. The fraction of sp³-hybridized carbons (Fsp3) is 0.737. The van der Waals surface area contributed by atoms with Crippen molar-refractivity contribution < 1.29 is 14.1 Å². The molecule has 3 heterocycles. The van der Waals surface area contributed by atoms with Gasteiger partial charge in [0.1, 0.15) is 5.76 Å². The molecule has 0 aromatic carbocycles. The molecule has 0 aliphatic carbocycles. The van der Waals surface area contributed by atoms with E-state index in [-0.39, 0.29) is 17.4 Å². The normalized spacial score (nSPS) is 19.4. The third-order valence-corrected chi connectivity index (χ3v) is 6.03. The SMILES string of the molecule is CC(C)(C)c1cc(NC(=O)N2CCCN(C(=O)CN3CCSCC3)CC2)no1. The van der Waals surface area contributed by atoms with E-state index in [1.807, 2.05) is 37.4 Å². The van der Waals surface area contributed by atoms with Crippen LogP contribution in [0.25, 0.3) is 0 Å². The summed E-state index contributed by atoms with van der Waals surface area (Å²) < 4.78 is 5.32. The van der Waals surface area contributed by atoms with Crippen LogP contribution in [-0.2, 0) is 10.2 Å². The molecule has 1 aromatic heterocycles. The lowest BCUT2D eigenvalue weighted by molar-refractivity contribution is -0.132. The van der Waals surface area contributed by atoms with Gasteiger partial charge in [0, 0.05) is 62.3 Å². The molecule has 0 spiro atoms. The molecule has 9 heteroatoms. The molecule has 28 heavy (non-hydrogen) atoms. The molecule has 0 unspecified atom stereocenters. The second-order valence-corrected chi connectivity index (χ2v) is 9.59. The Kier molecular flexibility index (Phi) is 6.87. The van der Waals surface area contributed by atoms with Crippen molar-refractivity contribution in [1.29, 1.82) is 0 Å². The Morgan fingerprint density at radius 1 is 1.11 bits per heavy atom. The quantitative estimate of drug-likeness (QED) is 0.823. The summed E-state index contributed by atoms with van der Waals surface area (Å²) in [6.45, 7) is 11.0. The predicted octanol–water partition coefficient (Wildman–Crippen LogP) is 2.09. The van der Waals surface area contributed by atoms with Crippen LogP contribution >= 0.6 is 11.8 Å². The van der Waals surface area contributed by atoms with Crippen LogP contribution in [0.5, 0.6) is 0 Å². The Hall–Kier alpha value is -1.74. The number of rotatable bonds is 3. The third kappa shape index (κ3) is 5.64. The van der Waals surface area contributed by atoms with Gasteiger partial charge in [-0.1, -0.05) is 25.9 Å². The lowest BCUT2D eigenvalue weighted by Crippen LogP contribution is -2.45. The molecule has 0 atom stereocenters. The van der Waals surface area contributed by atoms with E-state index >= 15 is 0 Å². The van der Waals surface area contributed by atoms with Crippen molar-refractivity contribution in [3.05, 3.63) is 11.8 Å². The molecule has 8 nitrogen and oxygen atoms in total. The van der Waals surface area contributed by atoms with Gasteiger partial charge in [0.25, 0.3) is 0 Å². The number of nitrogens with one attached hydrogen (secondary N) is 1. The number of anilines is 1. The average Bonchev–Trinajstić information content (AvgIpc) is 2.98. The van der Waals surface area contributed by atoms with E-state index in [1.54, 1.807) is 11.0 Å². The van der Waals surface area contributed by atoms with Crippen LogP contribution in [0.3, 0.4) is 0 Å². The van der Waals surface area contributed by atoms with Crippen molar-refractivity contribution in [3.8, 4) is 0 Å². The summed E-state index contributed by atoms with van der Waals surface area (Å²) in [4.78, 5) is 31.1. The summed E-state index contributed by atoms with van der Waals surface area (Å²) in [5.41, 5.74) is -0.160. The highest BCUT2D eigenvalue weighted by Gasteiger charge is 2.25. The predicted molar refractivity (Wildman–Crippen MR) is 111 cm³/mol. The molecule has 3 amide bonds. The molecule has 2 fully saturated rings. The van der Waals surface area contributed by atoms with Gasteiger partial charge >= 0.3 is 6.03 Å². The van der Waals surface area contributed by atoms with E-state index in [1.165, 1.54) is 0 Å². The molecule has 2 aliphatic heterocycles. The number of carbonyl (C=O) groups is 2. The van der Waals surface area contributed by atoms with Crippen LogP contribution in [-0.4, -0.2) is 89.1 Å². The van der Waals surface area contributed by atoms with Crippen LogP contribution < -0.4 is 5.32 Å². The van der Waals surface area contributed by atoms with Gasteiger partial charge in [-0.05, 0) is 6.42 Å². The maximum atomic E-state index is 12.6. The van der Waals surface area contributed by atoms with Crippen LogP contribution in [0.1, 0.15) is 33.0 Å². The Bertz CT molecular complexity index is 681. The molecular formula is C19H31N5O3S. The summed E-state index contributed by atoms with van der Waals surface area (Å²) in [6.07, 6.45) is 0.779. The topological polar surface area (TPSA) is 81.9 Å². The van der Waals surface area contributed by atoms with E-state index in [0.717, 1.165) is 36.8 Å². The molecule has 3 rings (SSSR count). The fourth-order valence-corrected chi connectivity index (χ4v) is 4.28. The van der Waals surface area contributed by atoms with E-state index in [9.17, 15) is 9.59 Å². The highest BCUT2D eigenvalue weighted by molar-refractivity contribution is 7.99. The van der Waals surface area contributed by atoms with Crippen molar-refractivity contribution in [2.24, 2.45) is 0 Å². The minimum Gasteiger partial charge on any atom is -0.359 e. The minimum absolute atomic E-state index is 0.160. The first-order chi connectivity index (χ1) is 13.3. The van der Waals surface area contributed by atoms with Crippen molar-refractivity contribution in [3.63, 3.8) is 0 Å². The number of carbonyl (C=O) groups excluding carboxylic acids is 2. The van der Waals surface area contributed by atoms with Gasteiger partial charge in [0.15, 0.2) is 5.82 Å². The van der Waals surface area contributed by atoms with Gasteiger partial charge in [0.05, 0.1) is 6.54 Å². The second kappa shape index (κ2) is 9.17. The summed E-state index contributed by atoms with van der Waals surface area (Å²) in [5, 5.41) is 6.75. The lowest BCUT2D eigenvalue weighted by atomic mass is 9.93. The molecule has 0 radical (unpaired) electrons. The lowest BCUT2D eigenvalue weighted by Gasteiger charge is -2.28. The standard InChI is InChI=1S/C19H31N5O3S/c1-19(2,3)15-13-16(21-27-15)20-18(26)24-6-4-5-23(7-8-24)17(25)14-22-9-11-28-12-10-22/h13H,4-12,14H2,1-3H3,(H,20,21,26). The van der Waals surface area contributed by atoms with Gasteiger partial charge in [-0.2, -0.15) is 11.8 Å². The van der Waals surface area contributed by atoms with Crippen molar-refractivity contribution in [2.45, 2.75) is 32.6 Å². The number of hydrogen-bond donors (Lipinski definition) is 1. The number of nitrogens with zero attached hydrogens (tertiary/aromatic N) is 4. The Morgan fingerprint density at radius 3 is 2.46 bits per heavy atom. The first-order valence-corrected chi connectivity index (χ1v) is 11.1. The largest absolute Gasteiger partial charge is 0.359 e. The van der Waals surface area contributed by atoms with Crippen LogP contribution in [0, 0.1) is 0 Å². The summed E-state index contributed by atoms with van der Waals surface area (Å²) in [6, 6.07) is 1.57. The first kappa shape index (κ1) is 21.0. The number of urea groups is 1. The van der Waals surface area contributed by atoms with Crippen molar-refractivity contribution in [1.82, 2.24) is 19.9 Å². The summed E-state index contributed by atoms with van der Waals surface area (Å²) in [5.74, 6) is 3.52. The Balaban J connectivity index is 1.49. The monoisotopic (exact) mass is 409 g/mol. The molecule has 2 aliphatic rings. The minimum atomic E-state index is -0.198. The smallest absolute Gasteiger partial charge is 0.323 e. The number of thioether (sulfide) groups is 1. The van der Waals surface area contributed by atoms with Gasteiger partial charge in [-0.15, -0.1) is 0 Å². The van der Waals surface area contributed by atoms with Crippen molar-refractivity contribution in [2.75, 3.05) is 62.6 Å². The van der Waals surface area contributed by atoms with Crippen LogP contribution in [0.4, 0.5) is 10.6 Å². The van der Waals surface area contributed by atoms with E-state index < -0.39 is 0 Å². The number of amides is 3. The molecule has 1 aromatic rings. The summed E-state index contributed by atoms with van der Waals surface area (Å²) >= 11 is 1.94. The van der Waals surface area contributed by atoms with Crippen LogP contribution in [0.2, 0.25) is 0 Å². The molecular weight excluding hydrogens is 378 g/mol. The maximum Gasteiger partial charge on any atom is 0.323 e. The Labute approximate surface area is 170 Å². The highest BCUT2D eigenvalue weighted by Crippen LogP contribution is 2.24. The zero-order valence-electron chi connectivity index (χ0n) is 17.1. The van der Waals surface area contributed by atoms with E-state index in [0.29, 0.717) is 38.5 Å². The summed E-state index contributed by atoms with van der Waals surface area (Å²) in [7, 11) is 0. The zero-order valence-corrected chi connectivity index (χ0v) is 17.9. The van der Waals surface area contributed by atoms with E-state index in [2.05, 4.69) is 15.4 Å². The number of hydrogen-bond acceptors (Lipinski definition) is 6. The average molecular weight is 410 g/mol. The van der Waals surface area contributed by atoms with Crippen LogP contribution in [0.15, 0.2) is 10.6 Å². The molecule has 0 bridgehead atoms. The van der Waals surface area contributed by atoms with Crippen molar-refractivity contribution >= 4 is 29.5 Å². The molecule has 156 valence electrons. The molecule has 1 N–H and O–H groups in total. The van der Waals surface area contributed by atoms with Gasteiger partial charge < -0.3 is 14.3 Å². The molecule has 2 saturated heterocycles. The van der Waals surface area contributed by atoms with Gasteiger partial charge in [-0.25, -0.2) is 4.79 Å². The highest BCUT2D eigenvalue weighted by atomic mass is 32.2. The number of aromatic nitrogens is 1. The third-order valence-electron chi connectivity index (χ3n) is 5.08. The molecule has 0 saturated carbocycles.